The molecule has 7 nitrogen and oxygen atoms in total. The van der Waals surface area contributed by atoms with Crippen LogP contribution in [0.2, 0.25) is 0 Å². The Hall–Kier alpha value is -1.90. The van der Waals surface area contributed by atoms with Gasteiger partial charge in [0.05, 0.1) is 24.8 Å². The monoisotopic (exact) mass is 445 g/mol. The molecule has 0 radical (unpaired) electrons. The summed E-state index contributed by atoms with van der Waals surface area (Å²) in [6.07, 6.45) is 6.58. The van der Waals surface area contributed by atoms with Gasteiger partial charge in [0.25, 0.3) is 0 Å². The lowest BCUT2D eigenvalue weighted by molar-refractivity contribution is 0.143. The zero-order chi connectivity index (χ0) is 22.2. The number of thiophene rings is 1. The van der Waals surface area contributed by atoms with E-state index >= 15 is 0 Å². The molecule has 0 aromatic carbocycles. The number of aromatic nitrogens is 2. The Morgan fingerprint density at radius 2 is 2.10 bits per heavy atom. The van der Waals surface area contributed by atoms with Crippen LogP contribution >= 0.6 is 11.3 Å². The molecule has 0 amide bonds. The zero-order valence-electron chi connectivity index (χ0n) is 19.7. The Balaban J connectivity index is 1.68. The number of likely N-dealkylation sites (N-methyl/N-ethyl adjacent to an activating group) is 1. The first-order valence-corrected chi connectivity index (χ1v) is 12.3. The third-order valence-corrected chi connectivity index (χ3v) is 7.07. The molecule has 1 aliphatic rings. The normalized spacial score (nSPS) is 18.3. The van der Waals surface area contributed by atoms with Gasteiger partial charge in [-0.15, -0.1) is 11.3 Å². The van der Waals surface area contributed by atoms with E-state index in [0.29, 0.717) is 6.04 Å². The van der Waals surface area contributed by atoms with Crippen LogP contribution in [0.1, 0.15) is 49.2 Å². The molecule has 2 N–H and O–H groups in total. The van der Waals surface area contributed by atoms with E-state index in [0.717, 1.165) is 44.6 Å². The molecular weight excluding hydrogens is 406 g/mol. The Morgan fingerprint density at radius 1 is 1.32 bits per heavy atom. The van der Waals surface area contributed by atoms with Crippen molar-refractivity contribution in [1.82, 2.24) is 30.2 Å². The molecule has 3 heterocycles. The molecular formula is C23H39N7S. The minimum absolute atomic E-state index is 0.231. The van der Waals surface area contributed by atoms with Gasteiger partial charge in [-0.05, 0) is 64.3 Å². The summed E-state index contributed by atoms with van der Waals surface area (Å²) >= 11 is 1.84. The average molecular weight is 446 g/mol. The van der Waals surface area contributed by atoms with Crippen LogP contribution in [0.5, 0.6) is 0 Å². The van der Waals surface area contributed by atoms with Crippen LogP contribution < -0.4 is 10.6 Å². The molecule has 2 aromatic heterocycles. The molecule has 31 heavy (non-hydrogen) atoms. The number of hydrogen-bond donors (Lipinski definition) is 2. The van der Waals surface area contributed by atoms with Crippen LogP contribution in [0.25, 0.3) is 0 Å². The van der Waals surface area contributed by atoms with Gasteiger partial charge in [-0.1, -0.05) is 13.0 Å². The van der Waals surface area contributed by atoms with Crippen LogP contribution in [0.3, 0.4) is 0 Å². The summed E-state index contributed by atoms with van der Waals surface area (Å²) in [6.45, 7) is 9.19. The first-order valence-electron chi connectivity index (χ1n) is 11.4. The fourth-order valence-corrected chi connectivity index (χ4v) is 4.98. The molecule has 2 unspecified atom stereocenters. The minimum Gasteiger partial charge on any atom is -0.357 e. The summed E-state index contributed by atoms with van der Waals surface area (Å²) in [5.74, 6) is 1.71. The van der Waals surface area contributed by atoms with E-state index in [2.05, 4.69) is 77.2 Å². The van der Waals surface area contributed by atoms with Crippen molar-refractivity contribution in [2.24, 2.45) is 18.0 Å². The van der Waals surface area contributed by atoms with Gasteiger partial charge in [-0.25, -0.2) is 0 Å². The summed E-state index contributed by atoms with van der Waals surface area (Å²) in [4.78, 5) is 11.3. The van der Waals surface area contributed by atoms with Gasteiger partial charge >= 0.3 is 0 Å². The predicted octanol–water partition coefficient (Wildman–Crippen LogP) is 3.11. The number of piperidine rings is 1. The Labute approximate surface area is 191 Å². The van der Waals surface area contributed by atoms with E-state index in [9.17, 15) is 0 Å². The Morgan fingerprint density at radius 3 is 2.68 bits per heavy atom. The van der Waals surface area contributed by atoms with Crippen molar-refractivity contribution in [3.63, 3.8) is 0 Å². The van der Waals surface area contributed by atoms with Crippen molar-refractivity contribution in [1.29, 1.82) is 0 Å². The van der Waals surface area contributed by atoms with Crippen molar-refractivity contribution in [2.75, 3.05) is 46.8 Å². The average Bonchev–Trinajstić information content (AvgIpc) is 3.41. The lowest BCUT2D eigenvalue weighted by atomic mass is 9.97. The molecule has 2 atom stereocenters. The largest absolute Gasteiger partial charge is 0.357 e. The first-order chi connectivity index (χ1) is 15.0. The zero-order valence-corrected chi connectivity index (χ0v) is 20.5. The highest BCUT2D eigenvalue weighted by Gasteiger charge is 2.25. The van der Waals surface area contributed by atoms with Gasteiger partial charge < -0.3 is 15.5 Å². The molecule has 172 valence electrons. The molecule has 0 bridgehead atoms. The second kappa shape index (κ2) is 11.6. The van der Waals surface area contributed by atoms with Crippen molar-refractivity contribution in [2.45, 2.75) is 38.8 Å². The maximum atomic E-state index is 5.01. The quantitative estimate of drug-likeness (QED) is 0.459. The van der Waals surface area contributed by atoms with E-state index in [4.69, 9.17) is 4.99 Å². The van der Waals surface area contributed by atoms with Gasteiger partial charge in [0, 0.05) is 36.8 Å². The number of hydrogen-bond acceptors (Lipinski definition) is 5. The summed E-state index contributed by atoms with van der Waals surface area (Å²) in [5.41, 5.74) is 1.20. The molecule has 0 aliphatic carbocycles. The summed E-state index contributed by atoms with van der Waals surface area (Å²) < 4.78 is 1.86. The van der Waals surface area contributed by atoms with Crippen LogP contribution in [-0.4, -0.2) is 72.4 Å². The molecule has 0 spiro atoms. The summed E-state index contributed by atoms with van der Waals surface area (Å²) in [7, 11) is 6.17. The topological polar surface area (TPSA) is 60.7 Å². The van der Waals surface area contributed by atoms with E-state index in [1.807, 2.05) is 29.3 Å². The van der Waals surface area contributed by atoms with Crippen molar-refractivity contribution < 1.29 is 0 Å². The van der Waals surface area contributed by atoms with E-state index in [-0.39, 0.29) is 6.04 Å². The molecule has 1 saturated heterocycles. The van der Waals surface area contributed by atoms with Gasteiger partial charge in [0.1, 0.15) is 0 Å². The highest BCUT2D eigenvalue weighted by Crippen LogP contribution is 2.29. The number of nitrogens with one attached hydrogen (secondary N) is 2. The van der Waals surface area contributed by atoms with Gasteiger partial charge in [0.2, 0.25) is 0 Å². The number of rotatable bonds is 9. The fourth-order valence-electron chi connectivity index (χ4n) is 4.13. The second-order valence-electron chi connectivity index (χ2n) is 8.78. The molecule has 3 rings (SSSR count). The summed E-state index contributed by atoms with van der Waals surface area (Å²) in [5, 5.41) is 13.5. The fraction of sp³-hybridized carbons (Fsp3) is 0.652. The van der Waals surface area contributed by atoms with Crippen LogP contribution in [0.15, 0.2) is 34.9 Å². The Bertz CT molecular complexity index is 791. The molecule has 1 fully saturated rings. The lowest BCUT2D eigenvalue weighted by Gasteiger charge is -2.35. The highest BCUT2D eigenvalue weighted by atomic mass is 32.1. The van der Waals surface area contributed by atoms with Crippen molar-refractivity contribution >= 4 is 17.3 Å². The van der Waals surface area contributed by atoms with E-state index < -0.39 is 0 Å². The van der Waals surface area contributed by atoms with E-state index in [1.165, 1.54) is 23.3 Å². The molecule has 8 heteroatoms. The summed E-state index contributed by atoms with van der Waals surface area (Å²) in [6, 6.07) is 5.00. The molecule has 2 aromatic rings. The maximum absolute atomic E-state index is 5.01. The van der Waals surface area contributed by atoms with Gasteiger partial charge in [-0.2, -0.15) is 5.10 Å². The standard InChI is InChI=1S/C23H39N7S/c1-6-24-23(25-15-20(28(3)4)19-14-27-29(5)17-19)26-16-21(22-8-7-13-31-22)30-11-9-18(2)10-12-30/h7-8,13-14,17-18,20-21H,6,9-12,15-16H2,1-5H3,(H2,24,25,26). The van der Waals surface area contributed by atoms with Gasteiger partial charge in [-0.3, -0.25) is 14.6 Å². The number of aryl methyl sites for hydroxylation is 1. The third kappa shape index (κ3) is 6.79. The highest BCUT2D eigenvalue weighted by molar-refractivity contribution is 7.10. The van der Waals surface area contributed by atoms with Crippen LogP contribution in [-0.2, 0) is 7.05 Å². The molecule has 1 aliphatic heterocycles. The number of likely N-dealkylation sites (tertiary alicyclic amines) is 1. The second-order valence-corrected chi connectivity index (χ2v) is 9.76. The lowest BCUT2D eigenvalue weighted by Crippen LogP contribution is -2.42. The minimum atomic E-state index is 0.231. The SMILES string of the molecule is CCNC(=NCC(c1cccs1)N1CCC(C)CC1)NCC(c1cnn(C)c1)N(C)C. The smallest absolute Gasteiger partial charge is 0.191 e. The van der Waals surface area contributed by atoms with Crippen molar-refractivity contribution in [3.8, 4) is 0 Å². The van der Waals surface area contributed by atoms with Crippen LogP contribution in [0.4, 0.5) is 0 Å². The van der Waals surface area contributed by atoms with E-state index in [1.54, 1.807) is 0 Å². The third-order valence-electron chi connectivity index (χ3n) is 6.09. The van der Waals surface area contributed by atoms with Gasteiger partial charge in [0.15, 0.2) is 5.96 Å². The Kier molecular flexibility index (Phi) is 8.92. The van der Waals surface area contributed by atoms with Crippen molar-refractivity contribution in [3.05, 3.63) is 40.3 Å². The molecule has 0 saturated carbocycles. The van der Waals surface area contributed by atoms with Crippen LogP contribution in [0, 0.1) is 5.92 Å². The first kappa shape index (κ1) is 23.8. The number of nitrogens with zero attached hydrogens (tertiary/aromatic N) is 5. The number of guanidine groups is 1. The number of aliphatic imine (C=N–C) groups is 1. The predicted molar refractivity (Wildman–Crippen MR) is 131 cm³/mol. The maximum Gasteiger partial charge on any atom is 0.191 e.